The lowest BCUT2D eigenvalue weighted by molar-refractivity contribution is 0.340. The summed E-state index contributed by atoms with van der Waals surface area (Å²) in [4.78, 5) is 16.9. The second-order valence-electron chi connectivity index (χ2n) is 4.55. The number of nitrogen functional groups attached to an aromatic ring is 1. The van der Waals surface area contributed by atoms with Gasteiger partial charge in [-0.25, -0.2) is 9.55 Å². The first-order valence-corrected chi connectivity index (χ1v) is 6.71. The third-order valence-corrected chi connectivity index (χ3v) is 3.21. The minimum Gasteiger partial charge on any atom is -0.494 e. The van der Waals surface area contributed by atoms with Crippen molar-refractivity contribution in [3.05, 3.63) is 58.9 Å². The molecule has 21 heavy (non-hydrogen) atoms. The van der Waals surface area contributed by atoms with Gasteiger partial charge in [-0.15, -0.1) is 0 Å². The molecule has 0 amide bonds. The molecule has 0 saturated carbocycles. The van der Waals surface area contributed by atoms with E-state index in [0.717, 1.165) is 5.75 Å². The first kappa shape index (κ1) is 13.2. The predicted octanol–water partition coefficient (Wildman–Crippen LogP) is 2.37. The Morgan fingerprint density at radius 1 is 1.14 bits per heavy atom. The van der Waals surface area contributed by atoms with Crippen molar-refractivity contribution in [1.29, 1.82) is 0 Å². The molecule has 2 N–H and O–H groups in total. The lowest BCUT2D eigenvalue weighted by Crippen LogP contribution is -2.22. The summed E-state index contributed by atoms with van der Waals surface area (Å²) < 4.78 is 6.79. The normalized spacial score (nSPS) is 10.7. The first-order valence-electron chi connectivity index (χ1n) is 6.71. The van der Waals surface area contributed by atoms with Gasteiger partial charge in [0.15, 0.2) is 0 Å². The monoisotopic (exact) mass is 281 g/mol. The molecule has 106 valence electrons. The van der Waals surface area contributed by atoms with Crippen LogP contribution >= 0.6 is 0 Å². The van der Waals surface area contributed by atoms with E-state index in [9.17, 15) is 4.79 Å². The molecule has 0 fully saturated rings. The first-order chi connectivity index (χ1) is 10.2. The Kier molecular flexibility index (Phi) is 3.31. The van der Waals surface area contributed by atoms with Gasteiger partial charge in [0.1, 0.15) is 5.75 Å². The molecule has 0 aliphatic heterocycles. The van der Waals surface area contributed by atoms with Gasteiger partial charge in [-0.3, -0.25) is 4.79 Å². The predicted molar refractivity (Wildman–Crippen MR) is 82.9 cm³/mol. The van der Waals surface area contributed by atoms with E-state index in [2.05, 4.69) is 4.98 Å². The summed E-state index contributed by atoms with van der Waals surface area (Å²) in [6.07, 6.45) is 0. The van der Waals surface area contributed by atoms with Gasteiger partial charge in [-0.05, 0) is 43.3 Å². The van der Waals surface area contributed by atoms with E-state index in [0.29, 0.717) is 23.2 Å². The van der Waals surface area contributed by atoms with E-state index in [-0.39, 0.29) is 11.5 Å². The third kappa shape index (κ3) is 2.33. The fourth-order valence-electron chi connectivity index (χ4n) is 2.26. The summed E-state index contributed by atoms with van der Waals surface area (Å²) in [6.45, 7) is 2.52. The molecule has 0 aliphatic rings. The van der Waals surface area contributed by atoms with Crippen LogP contribution in [-0.4, -0.2) is 16.2 Å². The van der Waals surface area contributed by atoms with Crippen molar-refractivity contribution in [1.82, 2.24) is 9.55 Å². The van der Waals surface area contributed by atoms with Crippen LogP contribution in [0.1, 0.15) is 6.92 Å². The molecular formula is C16H15N3O2. The smallest absolute Gasteiger partial charge is 0.267 e. The van der Waals surface area contributed by atoms with Crippen LogP contribution in [0.4, 0.5) is 5.95 Å². The van der Waals surface area contributed by atoms with Crippen molar-refractivity contribution in [3.8, 4) is 11.4 Å². The Hall–Kier alpha value is -2.82. The summed E-state index contributed by atoms with van der Waals surface area (Å²) in [5, 5.41) is 0.542. The van der Waals surface area contributed by atoms with E-state index >= 15 is 0 Å². The van der Waals surface area contributed by atoms with Gasteiger partial charge in [-0.2, -0.15) is 0 Å². The van der Waals surface area contributed by atoms with Crippen molar-refractivity contribution in [3.63, 3.8) is 0 Å². The zero-order valence-electron chi connectivity index (χ0n) is 11.6. The molecule has 0 unspecified atom stereocenters. The van der Waals surface area contributed by atoms with Gasteiger partial charge in [0.25, 0.3) is 5.56 Å². The largest absolute Gasteiger partial charge is 0.494 e. The molecule has 0 aliphatic carbocycles. The Bertz CT molecular complexity index is 838. The fourth-order valence-corrected chi connectivity index (χ4v) is 2.26. The van der Waals surface area contributed by atoms with Crippen molar-refractivity contribution in [2.24, 2.45) is 0 Å². The zero-order valence-corrected chi connectivity index (χ0v) is 11.6. The average molecular weight is 281 g/mol. The van der Waals surface area contributed by atoms with Crippen molar-refractivity contribution < 1.29 is 4.74 Å². The van der Waals surface area contributed by atoms with Crippen molar-refractivity contribution in [2.75, 3.05) is 12.3 Å². The Labute approximate surface area is 121 Å². The molecule has 0 saturated heterocycles. The summed E-state index contributed by atoms with van der Waals surface area (Å²) in [7, 11) is 0. The molecule has 3 aromatic rings. The molecule has 0 spiro atoms. The SMILES string of the molecule is CCOc1ccc(-n2c(N)nc3ccccc3c2=O)cc1. The topological polar surface area (TPSA) is 70.1 Å². The molecule has 1 aromatic heterocycles. The number of anilines is 1. The number of hydrogen-bond acceptors (Lipinski definition) is 4. The Balaban J connectivity index is 2.18. The average Bonchev–Trinajstić information content (AvgIpc) is 2.49. The van der Waals surface area contributed by atoms with Gasteiger partial charge in [0.05, 0.1) is 23.2 Å². The highest BCUT2D eigenvalue weighted by molar-refractivity contribution is 5.79. The highest BCUT2D eigenvalue weighted by Crippen LogP contribution is 2.17. The second-order valence-corrected chi connectivity index (χ2v) is 4.55. The van der Waals surface area contributed by atoms with Gasteiger partial charge in [0.2, 0.25) is 5.95 Å². The number of fused-ring (bicyclic) bond motifs is 1. The van der Waals surface area contributed by atoms with Crippen LogP contribution in [-0.2, 0) is 0 Å². The molecule has 5 nitrogen and oxygen atoms in total. The summed E-state index contributed by atoms with van der Waals surface area (Å²) in [6, 6.07) is 14.3. The molecule has 0 atom stereocenters. The van der Waals surface area contributed by atoms with Crippen LogP contribution in [0.3, 0.4) is 0 Å². The molecule has 1 heterocycles. The zero-order chi connectivity index (χ0) is 14.8. The summed E-state index contributed by atoms with van der Waals surface area (Å²) in [5.74, 6) is 0.921. The number of rotatable bonds is 3. The molecule has 5 heteroatoms. The van der Waals surface area contributed by atoms with E-state index in [4.69, 9.17) is 10.5 Å². The van der Waals surface area contributed by atoms with Crippen LogP contribution in [0.15, 0.2) is 53.3 Å². The van der Waals surface area contributed by atoms with Gasteiger partial charge < -0.3 is 10.5 Å². The summed E-state index contributed by atoms with van der Waals surface area (Å²) in [5.41, 5.74) is 7.02. The number of benzene rings is 2. The maximum absolute atomic E-state index is 12.6. The van der Waals surface area contributed by atoms with E-state index < -0.39 is 0 Å². The van der Waals surface area contributed by atoms with E-state index in [1.54, 1.807) is 36.4 Å². The Morgan fingerprint density at radius 2 is 1.86 bits per heavy atom. The van der Waals surface area contributed by atoms with Gasteiger partial charge in [-0.1, -0.05) is 12.1 Å². The van der Waals surface area contributed by atoms with Crippen LogP contribution in [0.2, 0.25) is 0 Å². The Morgan fingerprint density at radius 3 is 2.57 bits per heavy atom. The lowest BCUT2D eigenvalue weighted by Gasteiger charge is -2.11. The van der Waals surface area contributed by atoms with Crippen LogP contribution < -0.4 is 16.0 Å². The standard InChI is InChI=1S/C16H15N3O2/c1-2-21-12-9-7-11(8-10-12)19-15(20)13-5-3-4-6-14(13)18-16(19)17/h3-10H,2H2,1H3,(H2,17,18). The maximum atomic E-state index is 12.6. The van der Waals surface area contributed by atoms with Gasteiger partial charge in [0, 0.05) is 0 Å². The molecule has 0 bridgehead atoms. The van der Waals surface area contributed by atoms with Crippen LogP contribution in [0.5, 0.6) is 5.75 Å². The van der Waals surface area contributed by atoms with E-state index in [1.807, 2.05) is 19.1 Å². The third-order valence-electron chi connectivity index (χ3n) is 3.21. The second kappa shape index (κ2) is 5.28. The molecule has 3 rings (SSSR count). The number of ether oxygens (including phenoxy) is 1. The number of nitrogens with zero attached hydrogens (tertiary/aromatic N) is 2. The molecular weight excluding hydrogens is 266 g/mol. The van der Waals surface area contributed by atoms with Crippen molar-refractivity contribution >= 4 is 16.9 Å². The fraction of sp³-hybridized carbons (Fsp3) is 0.125. The lowest BCUT2D eigenvalue weighted by atomic mass is 10.2. The minimum atomic E-state index is -0.178. The number of aromatic nitrogens is 2. The van der Waals surface area contributed by atoms with E-state index in [1.165, 1.54) is 4.57 Å². The van der Waals surface area contributed by atoms with Crippen molar-refractivity contribution in [2.45, 2.75) is 6.92 Å². The molecule has 2 aromatic carbocycles. The highest BCUT2D eigenvalue weighted by atomic mass is 16.5. The number of nitrogens with two attached hydrogens (primary N) is 1. The quantitative estimate of drug-likeness (QED) is 0.800. The highest BCUT2D eigenvalue weighted by Gasteiger charge is 2.10. The van der Waals surface area contributed by atoms with Crippen LogP contribution in [0, 0.1) is 0 Å². The molecule has 0 radical (unpaired) electrons. The number of para-hydroxylation sites is 1. The minimum absolute atomic E-state index is 0.169. The van der Waals surface area contributed by atoms with Gasteiger partial charge >= 0.3 is 0 Å². The number of hydrogen-bond donors (Lipinski definition) is 1. The summed E-state index contributed by atoms with van der Waals surface area (Å²) >= 11 is 0. The maximum Gasteiger partial charge on any atom is 0.267 e. The van der Waals surface area contributed by atoms with Crippen LogP contribution in [0.25, 0.3) is 16.6 Å².